The van der Waals surface area contributed by atoms with Crippen LogP contribution in [-0.2, 0) is 13.0 Å². The van der Waals surface area contributed by atoms with Crippen LogP contribution in [0.3, 0.4) is 0 Å². The van der Waals surface area contributed by atoms with E-state index >= 15 is 0 Å². The summed E-state index contributed by atoms with van der Waals surface area (Å²) in [5, 5.41) is 0. The second-order valence-corrected chi connectivity index (χ2v) is 6.52. The van der Waals surface area contributed by atoms with Crippen molar-refractivity contribution in [2.75, 3.05) is 23.4 Å². The zero-order valence-electron chi connectivity index (χ0n) is 14.8. The third-order valence-corrected chi connectivity index (χ3v) is 4.85. The summed E-state index contributed by atoms with van der Waals surface area (Å²) in [5.41, 5.74) is 5.71. The fourth-order valence-corrected chi connectivity index (χ4v) is 3.39. The molecule has 5 heteroatoms. The molecule has 26 heavy (non-hydrogen) atoms. The number of hydrogen-bond donors (Lipinski definition) is 1. The lowest BCUT2D eigenvalue weighted by molar-refractivity contribution is 0.685. The Bertz CT molecular complexity index is 922. The van der Waals surface area contributed by atoms with Gasteiger partial charge in [0.1, 0.15) is 5.82 Å². The van der Waals surface area contributed by atoms with Crippen molar-refractivity contribution in [2.24, 2.45) is 0 Å². The number of hydrogen-bond acceptors (Lipinski definition) is 4. The van der Waals surface area contributed by atoms with Crippen molar-refractivity contribution in [1.29, 1.82) is 0 Å². The van der Waals surface area contributed by atoms with Crippen LogP contribution in [0.5, 0.6) is 0 Å². The van der Waals surface area contributed by atoms with E-state index in [2.05, 4.69) is 48.9 Å². The van der Waals surface area contributed by atoms with E-state index in [9.17, 15) is 0 Å². The number of nitrogens with zero attached hydrogens (tertiary/aromatic N) is 4. The fraction of sp³-hybridized carbons (Fsp3) is 0.238. The van der Waals surface area contributed by atoms with Crippen LogP contribution >= 0.6 is 0 Å². The molecule has 0 radical (unpaired) electrons. The summed E-state index contributed by atoms with van der Waals surface area (Å²) in [7, 11) is 2.03. The molecular formula is C21H21N5. The summed E-state index contributed by atoms with van der Waals surface area (Å²) in [6.07, 6.45) is 13.1. The predicted molar refractivity (Wildman–Crippen MR) is 105 cm³/mol. The molecule has 1 aromatic carbocycles. The van der Waals surface area contributed by atoms with Gasteiger partial charge < -0.3 is 14.8 Å². The van der Waals surface area contributed by atoms with Crippen LogP contribution in [0.15, 0.2) is 49.1 Å². The first kappa shape index (κ1) is 16.2. The normalized spacial score (nSPS) is 13.2. The van der Waals surface area contributed by atoms with Gasteiger partial charge in [0.15, 0.2) is 0 Å². The maximum absolute atomic E-state index is 5.42. The van der Waals surface area contributed by atoms with Gasteiger partial charge in [0.2, 0.25) is 0 Å². The Balaban J connectivity index is 1.63. The van der Waals surface area contributed by atoms with Gasteiger partial charge >= 0.3 is 0 Å². The number of aryl methyl sites for hydroxylation is 1. The van der Waals surface area contributed by atoms with E-state index in [-0.39, 0.29) is 0 Å². The molecule has 1 aliphatic rings. The van der Waals surface area contributed by atoms with Gasteiger partial charge in [0.25, 0.3) is 0 Å². The van der Waals surface area contributed by atoms with Crippen molar-refractivity contribution in [3.8, 4) is 12.3 Å². The van der Waals surface area contributed by atoms with Crippen LogP contribution in [0.25, 0.3) is 0 Å². The molecule has 5 nitrogen and oxygen atoms in total. The molecule has 0 aliphatic carbocycles. The number of fused-ring (bicyclic) bond motifs is 1. The molecule has 1 aliphatic heterocycles. The van der Waals surface area contributed by atoms with Gasteiger partial charge in [-0.15, -0.1) is 6.42 Å². The molecule has 4 rings (SSSR count). The van der Waals surface area contributed by atoms with Crippen molar-refractivity contribution >= 4 is 17.2 Å². The predicted octanol–water partition coefficient (Wildman–Crippen LogP) is 3.51. The van der Waals surface area contributed by atoms with Crippen LogP contribution in [-0.4, -0.2) is 28.5 Å². The molecule has 1 N–H and O–H groups in total. The number of benzene rings is 1. The zero-order chi connectivity index (χ0) is 17.9. The highest BCUT2D eigenvalue weighted by Crippen LogP contribution is 2.33. The van der Waals surface area contributed by atoms with E-state index in [1.165, 1.54) is 17.7 Å². The maximum Gasteiger partial charge on any atom is 0.132 e. The lowest BCUT2D eigenvalue weighted by atomic mass is 10.0. The number of imidazole rings is 1. The molecule has 0 saturated heterocycles. The number of anilines is 3. The monoisotopic (exact) mass is 343 g/mol. The van der Waals surface area contributed by atoms with E-state index < -0.39 is 0 Å². The van der Waals surface area contributed by atoms with Crippen LogP contribution in [0.2, 0.25) is 0 Å². The highest BCUT2D eigenvalue weighted by molar-refractivity contribution is 5.69. The first-order chi connectivity index (χ1) is 12.7. The van der Waals surface area contributed by atoms with E-state index in [4.69, 9.17) is 6.42 Å². The molecule has 0 saturated carbocycles. The molecule has 130 valence electrons. The summed E-state index contributed by atoms with van der Waals surface area (Å²) in [6, 6.07) is 10.5. The number of terminal acetylenes is 1. The summed E-state index contributed by atoms with van der Waals surface area (Å²) in [4.78, 5) is 16.3. The van der Waals surface area contributed by atoms with E-state index in [0.29, 0.717) is 0 Å². The van der Waals surface area contributed by atoms with Gasteiger partial charge in [-0.3, -0.25) is 0 Å². The Kier molecular flexibility index (Phi) is 4.32. The van der Waals surface area contributed by atoms with Gasteiger partial charge in [-0.25, -0.2) is 9.97 Å². The Hall–Kier alpha value is -3.26. The number of rotatable bonds is 4. The molecular weight excluding hydrogens is 322 g/mol. The van der Waals surface area contributed by atoms with E-state index in [0.717, 1.165) is 42.3 Å². The maximum atomic E-state index is 5.42. The average Bonchev–Trinajstić information content (AvgIpc) is 3.20. The van der Waals surface area contributed by atoms with Crippen molar-refractivity contribution in [3.05, 3.63) is 65.9 Å². The summed E-state index contributed by atoms with van der Waals surface area (Å²) in [6.45, 7) is 1.89. The number of aromatic amines is 1. The smallest absolute Gasteiger partial charge is 0.132 e. The van der Waals surface area contributed by atoms with Crippen LogP contribution in [0.1, 0.15) is 23.2 Å². The molecule has 3 heterocycles. The number of aromatic nitrogens is 3. The largest absolute Gasteiger partial charge is 0.365 e. The Morgan fingerprint density at radius 3 is 2.92 bits per heavy atom. The molecule has 0 amide bonds. The van der Waals surface area contributed by atoms with Crippen LogP contribution in [0.4, 0.5) is 17.2 Å². The minimum atomic E-state index is 0.790. The summed E-state index contributed by atoms with van der Waals surface area (Å²) >= 11 is 0. The molecule has 0 fully saturated rings. The third-order valence-electron chi connectivity index (χ3n) is 4.85. The highest BCUT2D eigenvalue weighted by atomic mass is 15.2. The lowest BCUT2D eigenvalue weighted by Gasteiger charge is -2.32. The van der Waals surface area contributed by atoms with Crippen molar-refractivity contribution in [2.45, 2.75) is 19.4 Å². The fourth-order valence-electron chi connectivity index (χ4n) is 3.39. The lowest BCUT2D eigenvalue weighted by Crippen LogP contribution is -2.29. The second kappa shape index (κ2) is 6.93. The van der Waals surface area contributed by atoms with Crippen LogP contribution in [0, 0.1) is 12.3 Å². The first-order valence-electron chi connectivity index (χ1n) is 8.76. The van der Waals surface area contributed by atoms with E-state index in [1.54, 1.807) is 12.5 Å². The quantitative estimate of drug-likeness (QED) is 0.737. The number of H-pyrrole nitrogens is 1. The Labute approximate surface area is 153 Å². The van der Waals surface area contributed by atoms with Crippen molar-refractivity contribution in [3.63, 3.8) is 0 Å². The van der Waals surface area contributed by atoms with Gasteiger partial charge in [0, 0.05) is 42.9 Å². The van der Waals surface area contributed by atoms with Gasteiger partial charge in [-0.1, -0.05) is 12.0 Å². The standard InChI is InChI=1S/C21H21N5/c1-3-16-6-9-21(23-12-16)25(2)19-8-7-17-5-4-10-26(20(17)11-19)14-18-13-22-15-24-18/h1,6-9,11-13,15H,4-5,10,14H2,2H3,(H,22,24). The molecule has 0 spiro atoms. The third kappa shape index (κ3) is 3.14. The Morgan fingerprint density at radius 2 is 2.19 bits per heavy atom. The molecule has 2 aromatic heterocycles. The van der Waals surface area contributed by atoms with Crippen molar-refractivity contribution < 1.29 is 0 Å². The van der Waals surface area contributed by atoms with Crippen LogP contribution < -0.4 is 9.80 Å². The molecule has 0 bridgehead atoms. The average molecular weight is 343 g/mol. The zero-order valence-corrected chi connectivity index (χ0v) is 14.8. The van der Waals surface area contributed by atoms with Gasteiger partial charge in [-0.2, -0.15) is 0 Å². The topological polar surface area (TPSA) is 48.0 Å². The van der Waals surface area contributed by atoms with Gasteiger partial charge in [0.05, 0.1) is 18.6 Å². The second-order valence-electron chi connectivity index (χ2n) is 6.52. The summed E-state index contributed by atoms with van der Waals surface area (Å²) < 4.78 is 0. The minimum absolute atomic E-state index is 0.790. The number of pyridine rings is 1. The van der Waals surface area contributed by atoms with Gasteiger partial charge in [-0.05, 0) is 42.7 Å². The van der Waals surface area contributed by atoms with E-state index in [1.807, 2.05) is 25.4 Å². The molecule has 0 atom stereocenters. The minimum Gasteiger partial charge on any atom is -0.365 e. The highest BCUT2D eigenvalue weighted by Gasteiger charge is 2.19. The first-order valence-corrected chi connectivity index (χ1v) is 8.76. The summed E-state index contributed by atoms with van der Waals surface area (Å²) in [5.74, 6) is 3.48. The molecule has 3 aromatic rings. The SMILES string of the molecule is C#Cc1ccc(N(C)c2ccc3c(c2)N(Cc2cnc[nH]2)CCC3)nc1. The molecule has 0 unspecified atom stereocenters. The Morgan fingerprint density at radius 1 is 1.27 bits per heavy atom. The van der Waals surface area contributed by atoms with Crippen molar-refractivity contribution in [1.82, 2.24) is 15.0 Å². The number of nitrogens with one attached hydrogen (secondary N) is 1.